The summed E-state index contributed by atoms with van der Waals surface area (Å²) in [6.45, 7) is 14.8. The molecule has 0 saturated carbocycles. The lowest BCUT2D eigenvalue weighted by Crippen LogP contribution is -2.04. The summed E-state index contributed by atoms with van der Waals surface area (Å²) in [7, 11) is 0. The molecular formula is C122H87N11. The van der Waals surface area contributed by atoms with Crippen molar-refractivity contribution in [3.8, 4) is 40.1 Å². The molecule has 630 valence electrons. The lowest BCUT2D eigenvalue weighted by molar-refractivity contribution is 0.795. The van der Waals surface area contributed by atoms with E-state index < -0.39 is 0 Å². The van der Waals surface area contributed by atoms with E-state index in [0.29, 0.717) is 11.8 Å². The van der Waals surface area contributed by atoms with Crippen LogP contribution in [-0.2, 0) is 13.0 Å². The van der Waals surface area contributed by atoms with Crippen LogP contribution in [0.1, 0.15) is 47.8 Å². The molecule has 0 N–H and O–H groups in total. The zero-order valence-corrected chi connectivity index (χ0v) is 73.3. The first-order valence-corrected chi connectivity index (χ1v) is 45.7. The average Bonchev–Trinajstić information content (AvgIpc) is 1.55. The monoisotopic (exact) mass is 1710 g/mol. The van der Waals surface area contributed by atoms with E-state index in [1.165, 1.54) is 166 Å². The van der Waals surface area contributed by atoms with Gasteiger partial charge in [-0.3, -0.25) is 4.57 Å². The summed E-state index contributed by atoms with van der Waals surface area (Å²) in [6.07, 6.45) is 10.6. The number of benzene rings is 18. The van der Waals surface area contributed by atoms with Gasteiger partial charge in [0.05, 0.1) is 82.8 Å². The smallest absolute Gasteiger partial charge is 0.238 e. The zero-order chi connectivity index (χ0) is 88.5. The van der Waals surface area contributed by atoms with Gasteiger partial charge >= 0.3 is 0 Å². The highest BCUT2D eigenvalue weighted by Crippen LogP contribution is 2.48. The Bertz CT molecular complexity index is 9280. The predicted octanol–water partition coefficient (Wildman–Crippen LogP) is 31.4. The summed E-state index contributed by atoms with van der Waals surface area (Å²) in [4.78, 5) is 13.8. The second kappa shape index (κ2) is 31.8. The summed E-state index contributed by atoms with van der Waals surface area (Å²) < 4.78 is 19.0. The number of hydrogen-bond donors (Lipinski definition) is 0. The first-order chi connectivity index (χ1) is 65.9. The van der Waals surface area contributed by atoms with Gasteiger partial charge in [0.2, 0.25) is 5.95 Å². The fourth-order valence-electron chi connectivity index (χ4n) is 21.4. The Balaban J connectivity index is 0.000000108. The van der Waals surface area contributed by atoms with E-state index in [2.05, 4.69) is 474 Å². The Hall–Kier alpha value is -17.4. The number of para-hydroxylation sites is 10. The highest BCUT2D eigenvalue weighted by molar-refractivity contribution is 6.31. The quantitative estimate of drug-likeness (QED) is 0.103. The summed E-state index contributed by atoms with van der Waals surface area (Å²) >= 11 is 0. The number of nitrogens with zero attached hydrogens (tertiary/aromatic N) is 11. The Kier molecular flexibility index (Phi) is 18.6. The van der Waals surface area contributed by atoms with E-state index in [4.69, 9.17) is 4.98 Å². The first-order valence-electron chi connectivity index (χ1n) is 45.7. The molecule has 0 saturated heterocycles. The Labute approximate surface area is 766 Å². The third-order valence-corrected chi connectivity index (χ3v) is 27.3. The highest BCUT2D eigenvalue weighted by Gasteiger charge is 2.27. The van der Waals surface area contributed by atoms with Gasteiger partial charge in [0.25, 0.3) is 0 Å². The fourth-order valence-corrected chi connectivity index (χ4v) is 21.4. The molecule has 27 rings (SSSR count). The number of rotatable bonds is 15. The first kappa shape index (κ1) is 77.9. The maximum Gasteiger partial charge on any atom is 0.238 e. The molecule has 133 heavy (non-hydrogen) atoms. The lowest BCUT2D eigenvalue weighted by atomic mass is 10.1. The predicted molar refractivity (Wildman–Crippen MR) is 561 cm³/mol. The fraction of sp³-hybridized carbons (Fsp3) is 0.0410. The van der Waals surface area contributed by atoms with Crippen molar-refractivity contribution in [3.05, 3.63) is 455 Å². The third-order valence-electron chi connectivity index (χ3n) is 27.3. The largest absolute Gasteiger partial charge is 0.336 e. The van der Waals surface area contributed by atoms with Crippen molar-refractivity contribution in [2.24, 2.45) is 0 Å². The number of aromatic nitrogens is 11. The normalized spacial score (nSPS) is 11.9. The molecule has 27 aromatic rings. The molecule has 11 nitrogen and oxygen atoms in total. The minimum Gasteiger partial charge on any atom is -0.336 e. The van der Waals surface area contributed by atoms with Crippen LogP contribution in [0.2, 0.25) is 0 Å². The minimum atomic E-state index is 0.535. The van der Waals surface area contributed by atoms with Crippen molar-refractivity contribution in [3.63, 3.8) is 0 Å². The molecule has 0 atom stereocenters. The van der Waals surface area contributed by atoms with Crippen LogP contribution in [0.3, 0.4) is 0 Å². The van der Waals surface area contributed by atoms with Gasteiger partial charge in [0.15, 0.2) is 5.82 Å². The van der Waals surface area contributed by atoms with Crippen molar-refractivity contribution in [2.45, 2.75) is 32.7 Å². The van der Waals surface area contributed by atoms with Gasteiger partial charge in [-0.25, -0.2) is 9.97 Å². The molecule has 0 fully saturated rings. The van der Waals surface area contributed by atoms with Crippen molar-refractivity contribution < 1.29 is 0 Å². The molecule has 9 aromatic heterocycles. The van der Waals surface area contributed by atoms with Crippen LogP contribution in [0.5, 0.6) is 0 Å². The minimum absolute atomic E-state index is 0.535. The third kappa shape index (κ3) is 12.4. The van der Waals surface area contributed by atoms with Crippen LogP contribution in [0, 0.1) is 0 Å². The second-order valence-corrected chi connectivity index (χ2v) is 34.6. The van der Waals surface area contributed by atoms with Crippen molar-refractivity contribution in [2.75, 3.05) is 0 Å². The standard InChI is InChI=1S/C44H29N3.C41H26N6.C37H32N2/c1-2-29-19-21-30(22-20-29)46-39-17-9-5-13-35(39)43-41(46)27-28-42-44(43)36-14-6-10-18-40(36)47(42)32-25-23-31(24-26-32)45-37-15-7-3-11-33(37)34-12-4-8-16-38(34)45;1-2-38-42-25-43-41(44-38)47-36-19-11-8-16-30(36)31-21-22-32-33-24-27(45-34-17-9-6-14-28(34)29-15-7-10-18-35(29)45)20-23-37(33)46(39(32)40(31)47)26-12-4-3-5-13-26;1-3-5-10-27-19-21-29(22-20-27)39-33-14-9-7-12-31(33)37-35(39)24-23-34-36(37)30-11-6-8-13-32(30)38(34)25-28-17-15-26(4-2)16-18-28/h2-28H,1H2;2-25H,1H2;4,6-9,11-24H,2-3,5,10,25H2,1H3. The van der Waals surface area contributed by atoms with E-state index in [1.54, 1.807) is 12.4 Å². The Morgan fingerprint density at radius 3 is 1.02 bits per heavy atom. The van der Waals surface area contributed by atoms with Gasteiger partial charge < -0.3 is 32.0 Å². The molecule has 9 heterocycles. The molecule has 0 radical (unpaired) electrons. The van der Waals surface area contributed by atoms with Crippen LogP contribution in [0.15, 0.2) is 426 Å². The molecule has 0 aliphatic rings. The second-order valence-electron chi connectivity index (χ2n) is 34.6. The van der Waals surface area contributed by atoms with Crippen molar-refractivity contribution in [1.82, 2.24) is 51.5 Å². The van der Waals surface area contributed by atoms with Crippen LogP contribution < -0.4 is 0 Å². The summed E-state index contributed by atoms with van der Waals surface area (Å²) in [5.41, 5.74) is 30.8. The average molecular weight is 1710 g/mol. The van der Waals surface area contributed by atoms with Crippen LogP contribution in [0.4, 0.5) is 0 Å². The lowest BCUT2D eigenvalue weighted by Gasteiger charge is -2.12. The van der Waals surface area contributed by atoms with Crippen molar-refractivity contribution >= 4 is 193 Å². The maximum absolute atomic E-state index is 4.81. The molecule has 0 aliphatic heterocycles. The van der Waals surface area contributed by atoms with E-state index in [9.17, 15) is 0 Å². The van der Waals surface area contributed by atoms with E-state index in [0.717, 1.165) is 90.8 Å². The molecule has 0 unspecified atom stereocenters. The van der Waals surface area contributed by atoms with Crippen LogP contribution in [0.25, 0.3) is 233 Å². The molecule has 0 spiro atoms. The number of aryl methyl sites for hydroxylation is 1. The number of hydrogen-bond acceptors (Lipinski definition) is 3. The Morgan fingerprint density at radius 2 is 0.556 bits per heavy atom. The van der Waals surface area contributed by atoms with Gasteiger partial charge in [-0.1, -0.05) is 288 Å². The van der Waals surface area contributed by atoms with Crippen molar-refractivity contribution in [1.29, 1.82) is 0 Å². The molecule has 11 heteroatoms. The Morgan fingerprint density at radius 1 is 0.241 bits per heavy atom. The van der Waals surface area contributed by atoms with Gasteiger partial charge in [0, 0.05) is 132 Å². The number of fused-ring (bicyclic) bond motifs is 27. The van der Waals surface area contributed by atoms with Gasteiger partial charge in [0.1, 0.15) is 6.33 Å². The molecule has 0 bridgehead atoms. The van der Waals surface area contributed by atoms with Gasteiger partial charge in [-0.05, 0) is 199 Å². The van der Waals surface area contributed by atoms with E-state index >= 15 is 0 Å². The van der Waals surface area contributed by atoms with Gasteiger partial charge in [-0.15, -0.1) is 0 Å². The van der Waals surface area contributed by atoms with E-state index in [-0.39, 0.29) is 0 Å². The SMILES string of the molecule is C=Cc1ccc(-n2c3ccccc3c3c4c5ccccc5n(-c5ccc(-n6c7ccccc7c7ccccc76)cc5)c4ccc32)cc1.C=Cc1ccc(Cn2c3ccccc3c3c4c5ccccc5n(-c5ccc(CCCC)cc5)c4ccc32)cc1.C=Cc1ncnc(-n2c3ccccc3c3ccc4c5cc(-n6c7ccccc7c7ccccc76)ccc5n(-c5ccccc5)c4c32)n1. The zero-order valence-electron chi connectivity index (χ0n) is 73.3. The molecule has 18 aromatic carbocycles. The highest BCUT2D eigenvalue weighted by atomic mass is 15.2. The van der Waals surface area contributed by atoms with Crippen LogP contribution in [-0.4, -0.2) is 51.5 Å². The summed E-state index contributed by atoms with van der Waals surface area (Å²) in [5, 5.41) is 20.0. The van der Waals surface area contributed by atoms with E-state index in [1.807, 2.05) is 12.2 Å². The molecule has 0 amide bonds. The topological polar surface area (TPSA) is 78.1 Å². The number of unbranched alkanes of at least 4 members (excludes halogenated alkanes) is 1. The summed E-state index contributed by atoms with van der Waals surface area (Å²) in [6, 6.07) is 145. The molecule has 0 aliphatic carbocycles. The van der Waals surface area contributed by atoms with Crippen LogP contribution >= 0.6 is 0 Å². The summed E-state index contributed by atoms with van der Waals surface area (Å²) in [5.74, 6) is 1.09. The van der Waals surface area contributed by atoms with Gasteiger partial charge in [-0.2, -0.15) is 4.98 Å². The molecular weight excluding hydrogens is 1620 g/mol. The maximum atomic E-state index is 4.81.